The Labute approximate surface area is 570 Å². The first-order valence-electron chi connectivity index (χ1n) is 33.5. The summed E-state index contributed by atoms with van der Waals surface area (Å²) in [6.45, 7) is 2.20. The van der Waals surface area contributed by atoms with Crippen LogP contribution in [0.4, 0.5) is 0 Å². The average Bonchev–Trinajstić information content (AvgIpc) is 0.700. The first kappa shape index (κ1) is 64.0. The predicted octanol–water partition coefficient (Wildman–Crippen LogP) is 15.1. The van der Waals surface area contributed by atoms with Gasteiger partial charge < -0.3 is 0 Å². The van der Waals surface area contributed by atoms with Crippen molar-refractivity contribution in [3.8, 4) is 0 Å². The lowest BCUT2D eigenvalue weighted by molar-refractivity contribution is 1.30. The van der Waals surface area contributed by atoms with Gasteiger partial charge >= 0.3 is 0 Å². The summed E-state index contributed by atoms with van der Waals surface area (Å²) in [5.74, 6) is 0. The van der Waals surface area contributed by atoms with E-state index in [1.54, 1.807) is 0 Å². The lowest BCUT2D eigenvalue weighted by Gasteiger charge is -2.44. The van der Waals surface area contributed by atoms with Gasteiger partial charge in [-0.05, 0) is 79.7 Å². The van der Waals surface area contributed by atoms with Gasteiger partial charge in [0.1, 0.15) is 44.1 Å². The third-order valence-electron chi connectivity index (χ3n) is 19.5. The van der Waals surface area contributed by atoms with Crippen molar-refractivity contribution in [2.75, 3.05) is 0 Å². The molecule has 96 heavy (non-hydrogen) atoms. The Morgan fingerprint density at radius 1 is 0.167 bits per heavy atom. The van der Waals surface area contributed by atoms with E-state index in [0.29, 0.717) is 0 Å². The highest BCUT2D eigenvalue weighted by Gasteiger charge is 2.69. The molecule has 0 bridgehead atoms. The summed E-state index contributed by atoms with van der Waals surface area (Å²) < 4.78 is 0. The molecule has 0 saturated heterocycles. The predicted molar refractivity (Wildman–Crippen MR) is 424 cm³/mol. The van der Waals surface area contributed by atoms with Crippen LogP contribution in [0.2, 0.25) is 0 Å². The van der Waals surface area contributed by atoms with Gasteiger partial charge in [0.25, 0.3) is 0 Å². The topological polar surface area (TPSA) is 0 Å². The summed E-state index contributed by atoms with van der Waals surface area (Å²) in [4.78, 5) is 0. The minimum atomic E-state index is -2.47. The molecule has 0 unspecified atom stereocenters. The summed E-state index contributed by atoms with van der Waals surface area (Å²) in [6.07, 6.45) is -2.43. The molecule has 0 amide bonds. The van der Waals surface area contributed by atoms with Crippen molar-refractivity contribution in [1.82, 2.24) is 0 Å². The number of hydrogen-bond donors (Lipinski definition) is 0. The second-order valence-corrected chi connectivity index (χ2v) is 32.2. The van der Waals surface area contributed by atoms with Crippen LogP contribution in [-0.2, 0) is 0 Å². The molecule has 0 aliphatic carbocycles. The maximum Gasteiger partial charge on any atom is 0.221 e. The molecule has 0 N–H and O–H groups in total. The fourth-order valence-electron chi connectivity index (χ4n) is 15.4. The van der Waals surface area contributed by atoms with Gasteiger partial charge in [0.2, 0.25) is 5.40 Å². The summed E-state index contributed by atoms with van der Waals surface area (Å²) >= 11 is 0. The Bertz CT molecular complexity index is 3930. The molecule has 462 valence electrons. The maximum absolute atomic E-state index is 2.47. The van der Waals surface area contributed by atoms with Crippen molar-refractivity contribution in [3.63, 3.8) is 0 Å². The van der Waals surface area contributed by atoms with E-state index >= 15 is 0 Å². The van der Waals surface area contributed by atoms with Gasteiger partial charge in [0, 0.05) is 5.56 Å². The van der Waals surface area contributed by atoms with E-state index in [1.807, 2.05) is 0 Å². The van der Waals surface area contributed by atoms with Gasteiger partial charge in [-0.15, -0.1) is 0 Å². The highest BCUT2D eigenvalue weighted by molar-refractivity contribution is 8.10. The largest absolute Gasteiger partial charge is 0.221 e. The van der Waals surface area contributed by atoms with Gasteiger partial charge in [-0.25, -0.2) is 0 Å². The van der Waals surface area contributed by atoms with Gasteiger partial charge in [0.05, 0.1) is 0 Å². The van der Waals surface area contributed by atoms with Gasteiger partial charge in [-0.2, -0.15) is 43.7 Å². The molecule has 0 aliphatic rings. The molecule has 0 nitrogen and oxygen atoms in total. The molecule has 4 heteroatoms. The minimum absolute atomic E-state index is 0.0972. The van der Waals surface area contributed by atoms with Crippen LogP contribution >= 0.6 is 14.5 Å². The van der Waals surface area contributed by atoms with Crippen molar-refractivity contribution in [3.05, 3.63) is 460 Å². The molecule has 0 aliphatic heterocycles. The van der Waals surface area contributed by atoms with Crippen LogP contribution in [0.25, 0.3) is 0 Å². The van der Waals surface area contributed by atoms with Crippen molar-refractivity contribution >= 4 is 102 Å². The van der Waals surface area contributed by atoms with Gasteiger partial charge in [-0.3, -0.25) is 0 Å². The monoisotopic (exact) mass is 1270 g/mol. The third kappa shape index (κ3) is 12.6. The number of rotatable bonds is 17. The first-order chi connectivity index (χ1) is 47.6. The normalized spacial score (nSPS) is 11.5. The second kappa shape index (κ2) is 30.6. The molecule has 0 saturated carbocycles. The van der Waals surface area contributed by atoms with Gasteiger partial charge in [0.15, 0.2) is 14.5 Å². The minimum Gasteiger partial charge on any atom is -0.195 e. The quantitative estimate of drug-likeness (QED) is 0.0630. The molecular weight excluding hydrogens is 1190 g/mol. The zero-order chi connectivity index (χ0) is 65.1. The van der Waals surface area contributed by atoms with Crippen LogP contribution in [0.3, 0.4) is 0 Å². The van der Waals surface area contributed by atoms with Crippen molar-refractivity contribution < 1.29 is 0 Å². The standard InChI is InChI=1S/C44H38P2.2C24H20B/c1-36-32-34-37(35-33-36)44(45(38-20-8-2-9-21-38,39-22-10-3-11-23-39)40-24-12-4-13-25-40)46(41-26-14-5-15-27-41,42-28-16-6-17-29-42)43-30-18-7-19-31-43;2*1-5-13-21(14-6-1)25(22-15-7-2-8-16-22,23-17-9-3-10-18-23)24-19-11-4-12-20-24/h2-35,44H,1H3;2*1-20H/q+2;2*-1. The van der Waals surface area contributed by atoms with Crippen LogP contribution in [0.5, 0.6) is 0 Å². The van der Waals surface area contributed by atoms with Crippen LogP contribution in [0, 0.1) is 6.92 Å². The molecule has 0 atom stereocenters. The van der Waals surface area contributed by atoms with E-state index in [-0.39, 0.29) is 5.40 Å². The molecule has 0 spiro atoms. The Morgan fingerprint density at radius 2 is 0.302 bits per heavy atom. The number of benzene rings is 15. The molecule has 0 heterocycles. The number of aryl methyl sites for hydroxylation is 1. The Balaban J connectivity index is 0.000000141. The lowest BCUT2D eigenvalue weighted by atomic mass is 9.13. The number of hydrogen-bond acceptors (Lipinski definition) is 0. The fourth-order valence-corrected chi connectivity index (χ4v) is 28.5. The Kier molecular flexibility index (Phi) is 20.4. The first-order valence-corrected chi connectivity index (χ1v) is 37.2. The van der Waals surface area contributed by atoms with Crippen molar-refractivity contribution in [1.29, 1.82) is 0 Å². The maximum atomic E-state index is 2.42. The molecule has 0 radical (unpaired) electrons. The lowest BCUT2D eigenvalue weighted by Crippen LogP contribution is -2.74. The van der Waals surface area contributed by atoms with E-state index in [4.69, 9.17) is 0 Å². The molecule has 15 aromatic carbocycles. The van der Waals surface area contributed by atoms with Gasteiger partial charge in [-0.1, -0.05) is 382 Å². The van der Waals surface area contributed by atoms with E-state index < -0.39 is 26.8 Å². The highest BCUT2D eigenvalue weighted by Crippen LogP contribution is 2.84. The van der Waals surface area contributed by atoms with Crippen LogP contribution in [0.15, 0.2) is 449 Å². The summed E-state index contributed by atoms with van der Waals surface area (Å²) in [5.41, 5.74) is 13.4. The Morgan fingerprint density at radius 3 is 0.448 bits per heavy atom. The second-order valence-electron chi connectivity index (χ2n) is 24.8. The molecule has 15 aromatic rings. The van der Waals surface area contributed by atoms with Crippen LogP contribution in [0.1, 0.15) is 16.5 Å². The zero-order valence-electron chi connectivity index (χ0n) is 54.4. The smallest absolute Gasteiger partial charge is 0.195 e. The fraction of sp³-hybridized carbons (Fsp3) is 0.0217. The SMILES string of the molecule is Cc1ccc(C([P+](c2ccccc2)(c2ccccc2)c2ccccc2)[P+](c2ccccc2)(c2ccccc2)c2ccccc2)cc1.c1ccc([B-](c2ccccc2)(c2ccccc2)c2ccccc2)cc1.c1ccc([B-](c2ccccc2)(c2ccccc2)c2ccccc2)cc1. The highest BCUT2D eigenvalue weighted by atomic mass is 31.2. The molecule has 0 aromatic heterocycles. The van der Waals surface area contributed by atoms with E-state index in [0.717, 1.165) is 0 Å². The third-order valence-corrected chi connectivity index (χ3v) is 30.3. The average molecular weight is 1270 g/mol. The van der Waals surface area contributed by atoms with Crippen molar-refractivity contribution in [2.24, 2.45) is 0 Å². The molecule has 15 rings (SSSR count). The molecular formula is C92H78B2P2. The van der Waals surface area contributed by atoms with Crippen LogP contribution < -0.4 is 75.5 Å². The summed E-state index contributed by atoms with van der Waals surface area (Å²) in [7, 11) is -4.94. The van der Waals surface area contributed by atoms with Crippen LogP contribution in [-0.4, -0.2) is 12.3 Å². The molecule has 0 fully saturated rings. The summed E-state index contributed by atoms with van der Waals surface area (Å²) in [6, 6.07) is 165. The van der Waals surface area contributed by atoms with E-state index in [2.05, 4.69) is 456 Å². The Hall–Kier alpha value is -10.7. The van der Waals surface area contributed by atoms with E-state index in [1.165, 1.54) is 86.7 Å². The van der Waals surface area contributed by atoms with Crippen molar-refractivity contribution in [2.45, 2.75) is 12.3 Å². The zero-order valence-corrected chi connectivity index (χ0v) is 56.1. The van der Waals surface area contributed by atoms with E-state index in [9.17, 15) is 0 Å². The summed E-state index contributed by atoms with van der Waals surface area (Å²) in [5, 5.41) is 8.46.